The van der Waals surface area contributed by atoms with Crippen molar-refractivity contribution in [2.45, 2.75) is 37.5 Å². The number of piperazine rings is 2. The van der Waals surface area contributed by atoms with E-state index < -0.39 is 10.0 Å². The number of hydrogen-bond donors (Lipinski definition) is 0. The average molecular weight is 471 g/mol. The number of sulfonamides is 1. The van der Waals surface area contributed by atoms with Crippen molar-refractivity contribution in [3.8, 4) is 0 Å². The molecule has 1 aromatic heterocycles. The van der Waals surface area contributed by atoms with E-state index in [4.69, 9.17) is 0 Å². The van der Waals surface area contributed by atoms with Crippen molar-refractivity contribution in [3.05, 3.63) is 41.2 Å². The Bertz CT molecular complexity index is 1110. The number of nitrogens with zero attached hydrogens (tertiary/aromatic N) is 6. The predicted molar refractivity (Wildman–Crippen MR) is 131 cm³/mol. The van der Waals surface area contributed by atoms with Crippen molar-refractivity contribution < 1.29 is 8.42 Å². The van der Waals surface area contributed by atoms with Crippen LogP contribution in [-0.2, 0) is 22.9 Å². The lowest BCUT2D eigenvalue weighted by Gasteiger charge is -2.36. The first kappa shape index (κ1) is 22.6. The van der Waals surface area contributed by atoms with Crippen LogP contribution in [0.1, 0.15) is 29.8 Å². The Labute approximate surface area is 197 Å². The van der Waals surface area contributed by atoms with Gasteiger partial charge in [-0.1, -0.05) is 6.07 Å². The molecular formula is C24H34N6O2S. The van der Waals surface area contributed by atoms with Gasteiger partial charge in [-0.05, 0) is 62.9 Å². The number of rotatable bonds is 4. The molecule has 0 bridgehead atoms. The van der Waals surface area contributed by atoms with Gasteiger partial charge in [0.05, 0.1) is 4.90 Å². The van der Waals surface area contributed by atoms with Crippen molar-refractivity contribution in [1.29, 1.82) is 0 Å². The summed E-state index contributed by atoms with van der Waals surface area (Å²) in [6.07, 6.45) is 4.38. The number of hydrogen-bond acceptors (Lipinski definition) is 7. The standard InChI is InChI=1S/C24H34N6O2S/c1-19-25-23(28-11-9-27(2)10-12-28)18-24(26-19)29-13-15-30(16-14-29)33(31,32)22-8-7-20-5-3-4-6-21(20)17-22/h7-8,17-18H,3-6,9-16H2,1-2H3. The van der Waals surface area contributed by atoms with Gasteiger partial charge in [0.25, 0.3) is 0 Å². The summed E-state index contributed by atoms with van der Waals surface area (Å²) in [5.74, 6) is 2.61. The van der Waals surface area contributed by atoms with Crippen LogP contribution in [0.15, 0.2) is 29.2 Å². The fraction of sp³-hybridized carbons (Fsp3) is 0.583. The SMILES string of the molecule is Cc1nc(N2CCN(C)CC2)cc(N2CCN(S(=O)(=O)c3ccc4c(c3)CCCC4)CC2)n1. The first-order valence-electron chi connectivity index (χ1n) is 12.1. The van der Waals surface area contributed by atoms with Gasteiger partial charge in [-0.2, -0.15) is 4.31 Å². The Morgan fingerprint density at radius 3 is 1.97 bits per heavy atom. The number of aryl methyl sites for hydroxylation is 3. The van der Waals surface area contributed by atoms with Crippen LogP contribution < -0.4 is 9.80 Å². The zero-order valence-electron chi connectivity index (χ0n) is 19.7. The van der Waals surface area contributed by atoms with Crippen LogP contribution in [0.5, 0.6) is 0 Å². The van der Waals surface area contributed by atoms with Crippen LogP contribution in [-0.4, -0.2) is 87.0 Å². The minimum absolute atomic E-state index is 0.437. The van der Waals surface area contributed by atoms with Crippen LogP contribution in [0.25, 0.3) is 0 Å². The molecule has 8 nitrogen and oxygen atoms in total. The number of benzene rings is 1. The number of fused-ring (bicyclic) bond motifs is 1. The molecule has 0 unspecified atom stereocenters. The normalized spacial score (nSPS) is 20.7. The van der Waals surface area contributed by atoms with Gasteiger partial charge in [-0.25, -0.2) is 18.4 Å². The minimum atomic E-state index is -3.48. The van der Waals surface area contributed by atoms with Crippen molar-refractivity contribution in [2.75, 3.05) is 69.2 Å². The quantitative estimate of drug-likeness (QED) is 0.676. The van der Waals surface area contributed by atoms with Crippen LogP contribution in [0.2, 0.25) is 0 Å². The molecule has 5 rings (SSSR count). The molecule has 2 saturated heterocycles. The molecule has 2 fully saturated rings. The van der Waals surface area contributed by atoms with E-state index in [1.165, 1.54) is 17.5 Å². The van der Waals surface area contributed by atoms with Gasteiger partial charge in [-0.15, -0.1) is 0 Å². The summed E-state index contributed by atoms with van der Waals surface area (Å²) in [4.78, 5) is 16.6. The summed E-state index contributed by atoms with van der Waals surface area (Å²) < 4.78 is 28.3. The predicted octanol–water partition coefficient (Wildman–Crippen LogP) is 1.93. The average Bonchev–Trinajstić information content (AvgIpc) is 2.84. The maximum Gasteiger partial charge on any atom is 0.243 e. The molecule has 9 heteroatoms. The maximum absolute atomic E-state index is 13.3. The summed E-state index contributed by atoms with van der Waals surface area (Å²) in [5, 5.41) is 0. The van der Waals surface area contributed by atoms with E-state index in [0.717, 1.165) is 62.9 Å². The van der Waals surface area contributed by atoms with Crippen molar-refractivity contribution in [3.63, 3.8) is 0 Å². The molecule has 33 heavy (non-hydrogen) atoms. The first-order valence-corrected chi connectivity index (χ1v) is 13.5. The fourth-order valence-corrected chi connectivity index (χ4v) is 6.55. The van der Waals surface area contributed by atoms with E-state index in [1.807, 2.05) is 19.1 Å². The molecule has 1 aromatic carbocycles. The summed E-state index contributed by atoms with van der Waals surface area (Å²) in [6, 6.07) is 7.78. The lowest BCUT2D eigenvalue weighted by atomic mass is 9.92. The molecule has 1 aliphatic carbocycles. The maximum atomic E-state index is 13.3. The smallest absolute Gasteiger partial charge is 0.243 e. The first-order chi connectivity index (χ1) is 15.9. The molecule has 3 aliphatic rings. The summed E-state index contributed by atoms with van der Waals surface area (Å²) in [6.45, 7) is 8.08. The van der Waals surface area contributed by atoms with Gasteiger partial charge >= 0.3 is 0 Å². The highest BCUT2D eigenvalue weighted by Gasteiger charge is 2.30. The Hall–Kier alpha value is -2.23. The molecule has 0 spiro atoms. The van der Waals surface area contributed by atoms with E-state index in [0.29, 0.717) is 31.1 Å². The molecule has 0 N–H and O–H groups in total. The highest BCUT2D eigenvalue weighted by Crippen LogP contribution is 2.27. The second-order valence-corrected chi connectivity index (χ2v) is 11.4. The highest BCUT2D eigenvalue weighted by atomic mass is 32.2. The summed E-state index contributed by atoms with van der Waals surface area (Å²) in [5.41, 5.74) is 2.51. The summed E-state index contributed by atoms with van der Waals surface area (Å²) >= 11 is 0. The van der Waals surface area contributed by atoms with E-state index >= 15 is 0 Å². The molecule has 2 aromatic rings. The van der Waals surface area contributed by atoms with Crippen LogP contribution >= 0.6 is 0 Å². The van der Waals surface area contributed by atoms with Crippen LogP contribution in [0.3, 0.4) is 0 Å². The lowest BCUT2D eigenvalue weighted by Crippen LogP contribution is -2.49. The van der Waals surface area contributed by atoms with Gasteiger partial charge in [0.2, 0.25) is 10.0 Å². The van der Waals surface area contributed by atoms with E-state index in [2.05, 4.69) is 37.8 Å². The van der Waals surface area contributed by atoms with Crippen molar-refractivity contribution in [1.82, 2.24) is 19.2 Å². The second-order valence-electron chi connectivity index (χ2n) is 9.45. The third-order valence-corrected chi connectivity index (χ3v) is 9.05. The second kappa shape index (κ2) is 9.19. The topological polar surface area (TPSA) is 72.9 Å². The number of aromatic nitrogens is 2. The van der Waals surface area contributed by atoms with Crippen molar-refractivity contribution in [2.24, 2.45) is 0 Å². The molecule has 0 saturated carbocycles. The Balaban J connectivity index is 1.28. The van der Waals surface area contributed by atoms with Gasteiger partial charge in [0.1, 0.15) is 17.5 Å². The zero-order valence-corrected chi connectivity index (χ0v) is 20.5. The Morgan fingerprint density at radius 2 is 1.33 bits per heavy atom. The highest BCUT2D eigenvalue weighted by molar-refractivity contribution is 7.89. The molecule has 2 aliphatic heterocycles. The van der Waals surface area contributed by atoms with E-state index in [1.54, 1.807) is 10.4 Å². The van der Waals surface area contributed by atoms with Crippen molar-refractivity contribution >= 4 is 21.7 Å². The van der Waals surface area contributed by atoms with Gasteiger partial charge in [0.15, 0.2) is 0 Å². The third-order valence-electron chi connectivity index (χ3n) is 7.16. The number of anilines is 2. The largest absolute Gasteiger partial charge is 0.354 e. The zero-order chi connectivity index (χ0) is 23.0. The molecule has 0 radical (unpaired) electrons. The monoisotopic (exact) mass is 470 g/mol. The molecule has 0 atom stereocenters. The van der Waals surface area contributed by atoms with Crippen LogP contribution in [0.4, 0.5) is 11.6 Å². The summed E-state index contributed by atoms with van der Waals surface area (Å²) in [7, 11) is -1.33. The van der Waals surface area contributed by atoms with E-state index in [9.17, 15) is 8.42 Å². The molecule has 0 amide bonds. The fourth-order valence-electron chi connectivity index (χ4n) is 5.07. The minimum Gasteiger partial charge on any atom is -0.354 e. The van der Waals surface area contributed by atoms with Gasteiger partial charge in [0, 0.05) is 58.4 Å². The molecular weight excluding hydrogens is 436 g/mol. The molecule has 178 valence electrons. The Kier molecular flexibility index (Phi) is 6.28. The number of likely N-dealkylation sites (N-methyl/N-ethyl adjacent to an activating group) is 1. The lowest BCUT2D eigenvalue weighted by molar-refractivity contribution is 0.312. The Morgan fingerprint density at radius 1 is 0.758 bits per heavy atom. The third kappa shape index (κ3) is 4.72. The molecule has 3 heterocycles. The van der Waals surface area contributed by atoms with Gasteiger partial charge in [-0.3, -0.25) is 0 Å². The van der Waals surface area contributed by atoms with Crippen LogP contribution in [0, 0.1) is 6.92 Å². The van der Waals surface area contributed by atoms with Gasteiger partial charge < -0.3 is 14.7 Å². The van der Waals surface area contributed by atoms with E-state index in [-0.39, 0.29) is 0 Å².